The molecule has 116 valence electrons. The summed E-state index contributed by atoms with van der Waals surface area (Å²) in [6.45, 7) is 0. The maximum atomic E-state index is 11.2. The minimum Gasteiger partial charge on any atom is -0.478 e. The SMILES string of the molecule is O=C(O)c1ccc2c(c1)nc(-c1ccc(Cl)cc1)c1ncncc12. The maximum absolute atomic E-state index is 11.2. The lowest BCUT2D eigenvalue weighted by atomic mass is 10.0. The quantitative estimate of drug-likeness (QED) is 0.556. The molecule has 5 nitrogen and oxygen atoms in total. The number of aromatic carboxylic acids is 1. The molecule has 0 aliphatic carbocycles. The third-order valence-electron chi connectivity index (χ3n) is 3.82. The number of halogens is 1. The molecular formula is C18H10ClN3O2. The number of aromatic nitrogens is 3. The first-order valence-corrected chi connectivity index (χ1v) is 7.54. The van der Waals surface area contributed by atoms with Crippen molar-refractivity contribution in [2.75, 3.05) is 0 Å². The van der Waals surface area contributed by atoms with Crippen LogP contribution in [-0.2, 0) is 0 Å². The van der Waals surface area contributed by atoms with E-state index < -0.39 is 5.97 Å². The van der Waals surface area contributed by atoms with Crippen LogP contribution < -0.4 is 0 Å². The Hall–Kier alpha value is -3.05. The first-order valence-electron chi connectivity index (χ1n) is 7.16. The number of carboxylic acid groups (broad SMARTS) is 1. The molecule has 1 N–H and O–H groups in total. The lowest BCUT2D eigenvalue weighted by Gasteiger charge is -2.09. The van der Waals surface area contributed by atoms with Gasteiger partial charge in [0.1, 0.15) is 11.8 Å². The predicted molar refractivity (Wildman–Crippen MR) is 92.2 cm³/mol. The first kappa shape index (κ1) is 14.5. The summed E-state index contributed by atoms with van der Waals surface area (Å²) in [5.74, 6) is -0.990. The van der Waals surface area contributed by atoms with E-state index in [0.717, 1.165) is 16.3 Å². The Balaban J connectivity index is 2.10. The van der Waals surface area contributed by atoms with Crippen molar-refractivity contribution in [2.24, 2.45) is 0 Å². The Kier molecular flexibility index (Phi) is 3.36. The number of pyridine rings is 1. The van der Waals surface area contributed by atoms with Crippen molar-refractivity contribution in [1.29, 1.82) is 0 Å². The number of hydrogen-bond acceptors (Lipinski definition) is 4. The summed E-state index contributed by atoms with van der Waals surface area (Å²) in [5.41, 5.74) is 3.00. The van der Waals surface area contributed by atoms with Gasteiger partial charge < -0.3 is 5.11 Å². The van der Waals surface area contributed by atoms with E-state index in [0.29, 0.717) is 21.7 Å². The van der Waals surface area contributed by atoms with Crippen LogP contribution in [0.2, 0.25) is 5.02 Å². The fraction of sp³-hybridized carbons (Fsp3) is 0. The minimum absolute atomic E-state index is 0.188. The summed E-state index contributed by atoms with van der Waals surface area (Å²) in [7, 11) is 0. The van der Waals surface area contributed by atoms with Gasteiger partial charge in [-0.05, 0) is 24.3 Å². The highest BCUT2D eigenvalue weighted by Crippen LogP contribution is 2.31. The van der Waals surface area contributed by atoms with Gasteiger partial charge in [0.2, 0.25) is 0 Å². The Morgan fingerprint density at radius 2 is 1.83 bits per heavy atom. The van der Waals surface area contributed by atoms with E-state index in [-0.39, 0.29) is 5.56 Å². The summed E-state index contributed by atoms with van der Waals surface area (Å²) in [6.07, 6.45) is 3.19. The molecule has 24 heavy (non-hydrogen) atoms. The van der Waals surface area contributed by atoms with Gasteiger partial charge in [-0.2, -0.15) is 0 Å². The van der Waals surface area contributed by atoms with E-state index in [4.69, 9.17) is 11.6 Å². The number of benzene rings is 2. The van der Waals surface area contributed by atoms with Gasteiger partial charge in [-0.3, -0.25) is 0 Å². The zero-order chi connectivity index (χ0) is 16.7. The molecule has 4 aromatic rings. The van der Waals surface area contributed by atoms with Crippen LogP contribution in [0.5, 0.6) is 0 Å². The first-order chi connectivity index (χ1) is 11.6. The molecule has 0 fully saturated rings. The van der Waals surface area contributed by atoms with E-state index in [9.17, 15) is 9.90 Å². The van der Waals surface area contributed by atoms with Crippen LogP contribution in [0.4, 0.5) is 0 Å². The monoisotopic (exact) mass is 335 g/mol. The van der Waals surface area contributed by atoms with Gasteiger partial charge in [-0.15, -0.1) is 0 Å². The Labute approximate surface area is 141 Å². The predicted octanol–water partition coefficient (Wildman–Crippen LogP) is 4.20. The summed E-state index contributed by atoms with van der Waals surface area (Å²) < 4.78 is 0. The molecule has 6 heteroatoms. The van der Waals surface area contributed by atoms with Gasteiger partial charge in [-0.1, -0.05) is 29.8 Å². The number of carbonyl (C=O) groups is 1. The van der Waals surface area contributed by atoms with Gasteiger partial charge in [0.25, 0.3) is 0 Å². The van der Waals surface area contributed by atoms with Gasteiger partial charge in [0, 0.05) is 27.6 Å². The van der Waals surface area contributed by atoms with Crippen LogP contribution in [0.3, 0.4) is 0 Å². The Morgan fingerprint density at radius 1 is 1.04 bits per heavy atom. The summed E-state index contributed by atoms with van der Waals surface area (Å²) in [6, 6.07) is 12.1. The molecule has 0 aliphatic heterocycles. The van der Waals surface area contributed by atoms with Crippen molar-refractivity contribution in [2.45, 2.75) is 0 Å². The molecule has 0 atom stereocenters. The summed E-state index contributed by atoms with van der Waals surface area (Å²) in [5, 5.41) is 11.5. The lowest BCUT2D eigenvalue weighted by Crippen LogP contribution is -1.98. The highest BCUT2D eigenvalue weighted by molar-refractivity contribution is 6.30. The largest absolute Gasteiger partial charge is 0.478 e. The van der Waals surface area contributed by atoms with Crippen LogP contribution in [0.25, 0.3) is 33.1 Å². The normalized spacial score (nSPS) is 11.0. The zero-order valence-corrected chi connectivity index (χ0v) is 13.0. The van der Waals surface area contributed by atoms with Crippen molar-refractivity contribution in [3.63, 3.8) is 0 Å². The van der Waals surface area contributed by atoms with Crippen LogP contribution >= 0.6 is 11.6 Å². The maximum Gasteiger partial charge on any atom is 0.335 e. The fourth-order valence-electron chi connectivity index (χ4n) is 2.68. The molecule has 0 unspecified atom stereocenters. The van der Waals surface area contributed by atoms with Gasteiger partial charge in [-0.25, -0.2) is 19.7 Å². The van der Waals surface area contributed by atoms with Crippen molar-refractivity contribution in [1.82, 2.24) is 15.0 Å². The smallest absolute Gasteiger partial charge is 0.335 e. The number of carboxylic acids is 1. The molecule has 0 amide bonds. The van der Waals surface area contributed by atoms with E-state index in [2.05, 4.69) is 15.0 Å². The van der Waals surface area contributed by atoms with Crippen LogP contribution in [0, 0.1) is 0 Å². The lowest BCUT2D eigenvalue weighted by molar-refractivity contribution is 0.0697. The fourth-order valence-corrected chi connectivity index (χ4v) is 2.81. The van der Waals surface area contributed by atoms with E-state index >= 15 is 0 Å². The van der Waals surface area contributed by atoms with Crippen molar-refractivity contribution < 1.29 is 9.90 Å². The van der Waals surface area contributed by atoms with Crippen LogP contribution in [-0.4, -0.2) is 26.0 Å². The number of hydrogen-bond donors (Lipinski definition) is 1. The third-order valence-corrected chi connectivity index (χ3v) is 4.07. The molecule has 0 spiro atoms. The molecule has 0 radical (unpaired) electrons. The van der Waals surface area contributed by atoms with E-state index in [1.165, 1.54) is 6.33 Å². The highest BCUT2D eigenvalue weighted by atomic mass is 35.5. The molecule has 2 aromatic heterocycles. The Bertz CT molecular complexity index is 1090. The second-order valence-electron chi connectivity index (χ2n) is 5.29. The van der Waals surface area contributed by atoms with Crippen molar-refractivity contribution in [3.05, 3.63) is 65.6 Å². The number of nitrogens with zero attached hydrogens (tertiary/aromatic N) is 3. The average molecular weight is 336 g/mol. The molecule has 0 bridgehead atoms. The summed E-state index contributed by atoms with van der Waals surface area (Å²) >= 11 is 5.96. The standard InChI is InChI=1S/C18H10ClN3O2/c19-12-4-1-10(2-5-12)16-17-14(8-20-9-21-17)13-6-3-11(18(23)24)7-15(13)22-16/h1-9H,(H,23,24). The molecule has 4 rings (SSSR count). The molecule has 0 aliphatic rings. The van der Waals surface area contributed by atoms with Crippen LogP contribution in [0.15, 0.2) is 55.0 Å². The third kappa shape index (κ3) is 2.35. The highest BCUT2D eigenvalue weighted by Gasteiger charge is 2.13. The van der Waals surface area contributed by atoms with Crippen molar-refractivity contribution >= 4 is 39.4 Å². The second-order valence-corrected chi connectivity index (χ2v) is 5.73. The molecule has 0 saturated carbocycles. The van der Waals surface area contributed by atoms with Gasteiger partial charge in [0.15, 0.2) is 0 Å². The second kappa shape index (κ2) is 5.54. The topological polar surface area (TPSA) is 76.0 Å². The van der Waals surface area contributed by atoms with Gasteiger partial charge >= 0.3 is 5.97 Å². The zero-order valence-electron chi connectivity index (χ0n) is 12.3. The minimum atomic E-state index is -0.990. The summed E-state index contributed by atoms with van der Waals surface area (Å²) in [4.78, 5) is 24.3. The number of fused-ring (bicyclic) bond motifs is 3. The van der Waals surface area contributed by atoms with Crippen LogP contribution in [0.1, 0.15) is 10.4 Å². The molecule has 2 aromatic carbocycles. The average Bonchev–Trinajstić information content (AvgIpc) is 2.61. The van der Waals surface area contributed by atoms with Crippen molar-refractivity contribution in [3.8, 4) is 11.3 Å². The molecule has 0 saturated heterocycles. The Morgan fingerprint density at radius 3 is 2.58 bits per heavy atom. The van der Waals surface area contributed by atoms with E-state index in [1.54, 1.807) is 36.5 Å². The molecular weight excluding hydrogens is 326 g/mol. The van der Waals surface area contributed by atoms with Gasteiger partial charge in [0.05, 0.1) is 16.8 Å². The van der Waals surface area contributed by atoms with E-state index in [1.807, 2.05) is 12.1 Å². The number of rotatable bonds is 2. The molecule has 2 heterocycles.